The highest BCUT2D eigenvalue weighted by atomic mass is 19.4. The topological polar surface area (TPSA) is 108 Å². The number of urea groups is 1. The minimum absolute atomic E-state index is 0.0615. The Morgan fingerprint density at radius 2 is 1.72 bits per heavy atom. The Kier molecular flexibility index (Phi) is 7.17. The fourth-order valence-corrected chi connectivity index (χ4v) is 5.01. The Labute approximate surface area is 221 Å². The number of alkyl halides is 3. The van der Waals surface area contributed by atoms with Crippen molar-refractivity contribution in [2.24, 2.45) is 13.0 Å². The number of amides is 5. The lowest BCUT2D eigenvalue weighted by Gasteiger charge is -2.42. The van der Waals surface area contributed by atoms with Crippen molar-refractivity contribution in [1.82, 2.24) is 24.9 Å². The predicted molar refractivity (Wildman–Crippen MR) is 130 cm³/mol. The lowest BCUT2D eigenvalue weighted by molar-refractivity contribution is -0.139. The lowest BCUT2D eigenvalue weighted by Crippen LogP contribution is -2.60. The Morgan fingerprint density at radius 3 is 2.26 bits per heavy atom. The van der Waals surface area contributed by atoms with Gasteiger partial charge in [0, 0.05) is 39.4 Å². The Bertz CT molecular complexity index is 1320. The van der Waals surface area contributed by atoms with E-state index in [0.29, 0.717) is 24.0 Å². The van der Waals surface area contributed by atoms with Gasteiger partial charge in [0.15, 0.2) is 5.82 Å². The first-order chi connectivity index (χ1) is 18.2. The summed E-state index contributed by atoms with van der Waals surface area (Å²) in [4.78, 5) is 56.1. The van der Waals surface area contributed by atoms with Crippen molar-refractivity contribution < 1.29 is 36.7 Å². The average molecular weight is 553 g/mol. The second kappa shape index (κ2) is 9.97. The minimum Gasteiger partial charge on any atom is -0.341 e. The standard InChI is InChI=1S/C25H28F4N6O4/c1-14(2)19(30-20(36)16-13-15(25(27,28)29)5-6-17(16)26)21(37)34-11-8-24(9-12-34)22(38)33(4)23(39)35(24)18-7-10-32(3)31-18/h5-7,10,13-14,19H,8-9,11-12H2,1-4H3,(H,30,36). The van der Waals surface area contributed by atoms with Gasteiger partial charge in [-0.25, -0.2) is 9.18 Å². The molecule has 2 aromatic rings. The number of piperidine rings is 1. The monoisotopic (exact) mass is 552 g/mol. The van der Waals surface area contributed by atoms with Crippen LogP contribution in [-0.2, 0) is 22.8 Å². The molecule has 1 N–H and O–H groups in total. The molecule has 0 radical (unpaired) electrons. The maximum Gasteiger partial charge on any atom is 0.416 e. The van der Waals surface area contributed by atoms with Crippen molar-refractivity contribution >= 4 is 29.6 Å². The summed E-state index contributed by atoms with van der Waals surface area (Å²) in [5.74, 6) is -3.45. The van der Waals surface area contributed by atoms with E-state index >= 15 is 0 Å². The van der Waals surface area contributed by atoms with Gasteiger partial charge in [-0.3, -0.25) is 28.9 Å². The second-order valence-corrected chi connectivity index (χ2v) is 10.1. The molecule has 14 heteroatoms. The molecule has 4 rings (SSSR count). The van der Waals surface area contributed by atoms with Gasteiger partial charge in [-0.2, -0.15) is 18.3 Å². The Morgan fingerprint density at radius 1 is 1.08 bits per heavy atom. The molecule has 1 aromatic carbocycles. The average Bonchev–Trinajstić information content (AvgIpc) is 3.37. The molecule has 2 aliphatic heterocycles. The highest BCUT2D eigenvalue weighted by Crippen LogP contribution is 2.39. The lowest BCUT2D eigenvalue weighted by atomic mass is 9.85. The van der Waals surface area contributed by atoms with Crippen LogP contribution in [0.1, 0.15) is 42.6 Å². The van der Waals surface area contributed by atoms with Crippen molar-refractivity contribution in [3.05, 3.63) is 47.4 Å². The summed E-state index contributed by atoms with van der Waals surface area (Å²) in [6, 6.07) is 1.40. The molecule has 1 unspecified atom stereocenters. The van der Waals surface area contributed by atoms with Crippen LogP contribution in [0.3, 0.4) is 0 Å². The molecule has 1 spiro atoms. The van der Waals surface area contributed by atoms with Gasteiger partial charge < -0.3 is 10.2 Å². The summed E-state index contributed by atoms with van der Waals surface area (Å²) in [6.07, 6.45) is -2.94. The number of hydrogen-bond acceptors (Lipinski definition) is 5. The normalized spacial score (nSPS) is 18.3. The number of nitrogens with zero attached hydrogens (tertiary/aromatic N) is 5. The molecule has 1 aromatic heterocycles. The molecule has 1 atom stereocenters. The molecule has 0 aliphatic carbocycles. The van der Waals surface area contributed by atoms with Gasteiger partial charge in [0.1, 0.15) is 17.4 Å². The summed E-state index contributed by atoms with van der Waals surface area (Å²) in [5, 5.41) is 6.65. The number of rotatable bonds is 5. The molecular weight excluding hydrogens is 524 g/mol. The van der Waals surface area contributed by atoms with E-state index in [0.717, 1.165) is 4.90 Å². The van der Waals surface area contributed by atoms with Crippen LogP contribution in [0.25, 0.3) is 0 Å². The number of aryl methyl sites for hydroxylation is 1. The summed E-state index contributed by atoms with van der Waals surface area (Å²) in [6.45, 7) is 3.39. The van der Waals surface area contributed by atoms with Gasteiger partial charge in [0.25, 0.3) is 11.8 Å². The summed E-state index contributed by atoms with van der Waals surface area (Å²) < 4.78 is 55.0. The summed E-state index contributed by atoms with van der Waals surface area (Å²) in [7, 11) is 3.05. The summed E-state index contributed by atoms with van der Waals surface area (Å²) >= 11 is 0. The Balaban J connectivity index is 1.52. The van der Waals surface area contributed by atoms with Crippen LogP contribution in [0.5, 0.6) is 0 Å². The molecule has 2 aliphatic rings. The number of likely N-dealkylation sites (N-methyl/N-ethyl adjacent to an activating group) is 1. The number of imide groups is 1. The molecule has 210 valence electrons. The number of carbonyl (C=O) groups is 4. The van der Waals surface area contributed by atoms with Gasteiger partial charge in [0.2, 0.25) is 5.91 Å². The van der Waals surface area contributed by atoms with Gasteiger partial charge in [-0.1, -0.05) is 13.8 Å². The molecule has 2 saturated heterocycles. The van der Waals surface area contributed by atoms with Crippen LogP contribution in [-0.4, -0.2) is 75.1 Å². The van der Waals surface area contributed by atoms with E-state index < -0.39 is 64.4 Å². The van der Waals surface area contributed by atoms with Crippen LogP contribution in [0, 0.1) is 11.7 Å². The predicted octanol–water partition coefficient (Wildman–Crippen LogP) is 2.79. The molecule has 10 nitrogen and oxygen atoms in total. The van der Waals surface area contributed by atoms with E-state index in [1.807, 2.05) is 0 Å². The zero-order valence-electron chi connectivity index (χ0n) is 21.8. The number of nitrogens with one attached hydrogen (secondary N) is 1. The molecule has 0 saturated carbocycles. The van der Waals surface area contributed by atoms with Gasteiger partial charge in [-0.15, -0.1) is 0 Å². The number of halogens is 4. The quantitative estimate of drug-likeness (QED) is 0.454. The molecule has 39 heavy (non-hydrogen) atoms. The van der Waals surface area contributed by atoms with Crippen LogP contribution in [0.4, 0.5) is 28.2 Å². The molecule has 0 bridgehead atoms. The first kappa shape index (κ1) is 28.0. The van der Waals surface area contributed by atoms with E-state index in [2.05, 4.69) is 10.4 Å². The van der Waals surface area contributed by atoms with E-state index in [-0.39, 0.29) is 25.9 Å². The van der Waals surface area contributed by atoms with Gasteiger partial charge in [0.05, 0.1) is 11.1 Å². The van der Waals surface area contributed by atoms with Gasteiger partial charge in [-0.05, 0) is 37.0 Å². The zero-order valence-corrected chi connectivity index (χ0v) is 21.8. The molecular formula is C25H28F4N6O4. The smallest absolute Gasteiger partial charge is 0.341 e. The minimum atomic E-state index is -4.78. The zero-order chi connectivity index (χ0) is 28.9. The SMILES string of the molecule is CC(C)C(NC(=O)c1cc(C(F)(F)F)ccc1F)C(=O)N1CCC2(CC1)C(=O)N(C)C(=O)N2c1ccn(C)n1. The van der Waals surface area contributed by atoms with Crippen LogP contribution >= 0.6 is 0 Å². The number of carbonyl (C=O) groups excluding carboxylic acids is 4. The van der Waals surface area contributed by atoms with Crippen LogP contribution < -0.4 is 10.2 Å². The largest absolute Gasteiger partial charge is 0.416 e. The number of hydrogen-bond donors (Lipinski definition) is 1. The first-order valence-electron chi connectivity index (χ1n) is 12.3. The number of aromatic nitrogens is 2. The number of anilines is 1. The molecule has 3 heterocycles. The second-order valence-electron chi connectivity index (χ2n) is 10.1. The highest BCUT2D eigenvalue weighted by Gasteiger charge is 2.58. The summed E-state index contributed by atoms with van der Waals surface area (Å²) in [5.41, 5.74) is -3.26. The molecule has 5 amide bonds. The van der Waals surface area contributed by atoms with Gasteiger partial charge >= 0.3 is 12.2 Å². The van der Waals surface area contributed by atoms with Crippen LogP contribution in [0.15, 0.2) is 30.5 Å². The fraction of sp³-hybridized carbons (Fsp3) is 0.480. The van der Waals surface area contributed by atoms with E-state index in [1.54, 1.807) is 33.2 Å². The maximum atomic E-state index is 14.3. The van der Waals surface area contributed by atoms with Crippen LogP contribution in [0.2, 0.25) is 0 Å². The van der Waals surface area contributed by atoms with Crippen molar-refractivity contribution in [1.29, 1.82) is 0 Å². The third-order valence-corrected chi connectivity index (χ3v) is 7.20. The third-order valence-electron chi connectivity index (χ3n) is 7.20. The Hall–Kier alpha value is -3.97. The number of benzene rings is 1. The van der Waals surface area contributed by atoms with E-state index in [1.165, 1.54) is 21.5 Å². The molecule has 2 fully saturated rings. The van der Waals surface area contributed by atoms with E-state index in [4.69, 9.17) is 0 Å². The maximum absolute atomic E-state index is 14.3. The van der Waals surface area contributed by atoms with Crippen molar-refractivity contribution in [2.45, 2.75) is 44.4 Å². The van der Waals surface area contributed by atoms with E-state index in [9.17, 15) is 36.7 Å². The third kappa shape index (κ3) is 4.94. The fourth-order valence-electron chi connectivity index (χ4n) is 5.01. The number of likely N-dealkylation sites (tertiary alicyclic amines) is 1. The first-order valence-corrected chi connectivity index (χ1v) is 12.3. The van der Waals surface area contributed by atoms with Crippen molar-refractivity contribution in [3.63, 3.8) is 0 Å². The van der Waals surface area contributed by atoms with Crippen molar-refractivity contribution in [3.8, 4) is 0 Å². The van der Waals surface area contributed by atoms with Crippen molar-refractivity contribution in [2.75, 3.05) is 25.0 Å². The highest BCUT2D eigenvalue weighted by molar-refractivity contribution is 6.16.